The molecule has 1 saturated carbocycles. The van der Waals surface area contributed by atoms with E-state index >= 15 is 0 Å². The van der Waals surface area contributed by atoms with Crippen LogP contribution >= 0.6 is 0 Å². The van der Waals surface area contributed by atoms with Gasteiger partial charge >= 0.3 is 11.9 Å². The van der Waals surface area contributed by atoms with E-state index in [-0.39, 0.29) is 30.5 Å². The van der Waals surface area contributed by atoms with Crippen molar-refractivity contribution in [2.45, 2.75) is 71.7 Å². The quantitative estimate of drug-likeness (QED) is 0.171. The summed E-state index contributed by atoms with van der Waals surface area (Å²) in [6.07, 6.45) is 1.52. The Morgan fingerprint density at radius 1 is 1.08 bits per heavy atom. The van der Waals surface area contributed by atoms with Gasteiger partial charge in [-0.3, -0.25) is 8.98 Å². The lowest BCUT2D eigenvalue weighted by molar-refractivity contribution is -0.195. The Kier molecular flexibility index (Phi) is 11.3. The third-order valence-electron chi connectivity index (χ3n) is 6.02. The molecule has 1 amide bonds. The molecule has 0 radical (unpaired) electrons. The molecule has 0 heterocycles. The first-order valence-corrected chi connectivity index (χ1v) is 13.7. The van der Waals surface area contributed by atoms with E-state index in [4.69, 9.17) is 13.7 Å². The predicted octanol–water partition coefficient (Wildman–Crippen LogP) is 2.55. The van der Waals surface area contributed by atoms with Crippen molar-refractivity contribution in [3.8, 4) is 0 Å². The average molecular weight is 528 g/mol. The van der Waals surface area contributed by atoms with Crippen LogP contribution in [0.2, 0.25) is 0 Å². The van der Waals surface area contributed by atoms with Gasteiger partial charge in [-0.15, -0.1) is 0 Å². The number of aliphatic hydroxyl groups excluding tert-OH is 1. The second-order valence-corrected chi connectivity index (χ2v) is 11.5. The predicted molar refractivity (Wildman–Crippen MR) is 131 cm³/mol. The van der Waals surface area contributed by atoms with Gasteiger partial charge in [0, 0.05) is 24.8 Å². The normalized spacial score (nSPS) is 16.6. The number of nitrogens with one attached hydrogen (secondary N) is 1. The van der Waals surface area contributed by atoms with Crippen LogP contribution in [0.15, 0.2) is 30.3 Å². The number of amides is 1. The first-order valence-electron chi connectivity index (χ1n) is 12.2. The Labute approximate surface area is 212 Å². The Balaban J connectivity index is 1.99. The van der Waals surface area contributed by atoms with Crippen LogP contribution in [0.5, 0.6) is 0 Å². The highest BCUT2D eigenvalue weighted by atomic mass is 32.2. The SMILES string of the molecule is CC(=O)NCCCS(=O)(=O)OCC(C)(C)[C@@H](O)C(=O)OC(OC(=O)c1ccccc1)C1CCCCC1. The lowest BCUT2D eigenvalue weighted by Gasteiger charge is -2.32. The molecule has 1 aliphatic rings. The second kappa shape index (κ2) is 13.7. The highest BCUT2D eigenvalue weighted by Crippen LogP contribution is 2.31. The van der Waals surface area contributed by atoms with Crippen molar-refractivity contribution < 1.29 is 41.6 Å². The standard InChI is InChI=1S/C25H37NO9S/c1-18(27)26-15-10-16-36(31,32)33-17-25(2,3)21(28)23(30)35-24(20-13-8-5-9-14-20)34-22(29)19-11-6-4-7-12-19/h4,6-7,11-12,20-21,24,28H,5,8-10,13-17H2,1-3H3,(H,26,27)/t21-,24?/m0/s1. The van der Waals surface area contributed by atoms with E-state index < -0.39 is 46.5 Å². The van der Waals surface area contributed by atoms with E-state index in [1.54, 1.807) is 30.3 Å². The minimum absolute atomic E-state index is 0.156. The molecule has 2 N–H and O–H groups in total. The third kappa shape index (κ3) is 9.87. The molecular weight excluding hydrogens is 490 g/mol. The molecule has 0 saturated heterocycles. The zero-order valence-electron chi connectivity index (χ0n) is 21.1. The average Bonchev–Trinajstić information content (AvgIpc) is 2.85. The van der Waals surface area contributed by atoms with Gasteiger partial charge in [-0.1, -0.05) is 51.3 Å². The smallest absolute Gasteiger partial charge is 0.341 e. The topological polar surface area (TPSA) is 145 Å². The van der Waals surface area contributed by atoms with Gasteiger partial charge in [0.25, 0.3) is 16.4 Å². The summed E-state index contributed by atoms with van der Waals surface area (Å²) in [5, 5.41) is 13.2. The van der Waals surface area contributed by atoms with Gasteiger partial charge in [0.1, 0.15) is 0 Å². The van der Waals surface area contributed by atoms with Gasteiger partial charge < -0.3 is 19.9 Å². The van der Waals surface area contributed by atoms with Crippen LogP contribution < -0.4 is 5.32 Å². The van der Waals surface area contributed by atoms with Crippen molar-refractivity contribution in [1.82, 2.24) is 5.32 Å². The number of esters is 2. The van der Waals surface area contributed by atoms with Crippen molar-refractivity contribution in [2.24, 2.45) is 11.3 Å². The van der Waals surface area contributed by atoms with Crippen LogP contribution in [0.4, 0.5) is 0 Å². The maximum Gasteiger partial charge on any atom is 0.341 e. The van der Waals surface area contributed by atoms with Crippen molar-refractivity contribution in [2.75, 3.05) is 18.9 Å². The minimum Gasteiger partial charge on any atom is -0.423 e. The Bertz CT molecular complexity index is 973. The molecule has 2 atom stereocenters. The number of hydrogen-bond acceptors (Lipinski definition) is 9. The van der Waals surface area contributed by atoms with Crippen molar-refractivity contribution in [3.63, 3.8) is 0 Å². The van der Waals surface area contributed by atoms with Gasteiger partial charge in [-0.05, 0) is 31.4 Å². The number of rotatable bonds is 13. The molecule has 2 rings (SSSR count). The van der Waals surface area contributed by atoms with E-state index in [2.05, 4.69) is 5.32 Å². The lowest BCUT2D eigenvalue weighted by atomic mass is 9.87. The monoisotopic (exact) mass is 527 g/mol. The summed E-state index contributed by atoms with van der Waals surface area (Å²) >= 11 is 0. The Morgan fingerprint density at radius 2 is 1.72 bits per heavy atom. The molecule has 36 heavy (non-hydrogen) atoms. The minimum atomic E-state index is -3.94. The van der Waals surface area contributed by atoms with Gasteiger partial charge in [0.15, 0.2) is 6.10 Å². The summed E-state index contributed by atoms with van der Waals surface area (Å²) in [5.41, 5.74) is -1.00. The number of carbonyl (C=O) groups excluding carboxylic acids is 3. The van der Waals surface area contributed by atoms with Crippen molar-refractivity contribution in [3.05, 3.63) is 35.9 Å². The number of carbonyl (C=O) groups is 3. The first-order chi connectivity index (χ1) is 16.9. The zero-order valence-corrected chi connectivity index (χ0v) is 21.9. The Morgan fingerprint density at radius 3 is 2.33 bits per heavy atom. The van der Waals surface area contributed by atoms with Gasteiger partial charge in [-0.25, -0.2) is 9.59 Å². The fraction of sp³-hybridized carbons (Fsp3) is 0.640. The van der Waals surface area contributed by atoms with E-state index in [1.807, 2.05) is 0 Å². The van der Waals surface area contributed by atoms with Crippen LogP contribution in [-0.4, -0.2) is 62.7 Å². The largest absolute Gasteiger partial charge is 0.423 e. The molecular formula is C25H37NO9S. The molecule has 0 aromatic heterocycles. The van der Waals surface area contributed by atoms with Crippen molar-refractivity contribution >= 4 is 28.0 Å². The van der Waals surface area contributed by atoms with E-state index in [0.717, 1.165) is 19.3 Å². The maximum absolute atomic E-state index is 12.9. The molecule has 1 aromatic carbocycles. The van der Waals surface area contributed by atoms with Crippen LogP contribution in [-0.2, 0) is 33.4 Å². The molecule has 1 aliphatic carbocycles. The summed E-state index contributed by atoms with van der Waals surface area (Å²) < 4.78 is 40.4. The van der Waals surface area contributed by atoms with Gasteiger partial charge in [0.2, 0.25) is 5.91 Å². The van der Waals surface area contributed by atoms with Crippen LogP contribution in [0.1, 0.15) is 69.7 Å². The van der Waals surface area contributed by atoms with E-state index in [1.165, 1.54) is 20.8 Å². The maximum atomic E-state index is 12.9. The lowest BCUT2D eigenvalue weighted by Crippen LogP contribution is -2.44. The fourth-order valence-electron chi connectivity index (χ4n) is 3.76. The molecule has 0 aliphatic heterocycles. The molecule has 0 bridgehead atoms. The van der Waals surface area contributed by atoms with Crippen LogP contribution in [0.3, 0.4) is 0 Å². The first kappa shape index (κ1) is 29.7. The second-order valence-electron chi connectivity index (χ2n) is 9.73. The van der Waals surface area contributed by atoms with E-state index in [0.29, 0.717) is 18.4 Å². The summed E-state index contributed by atoms with van der Waals surface area (Å²) in [5.74, 6) is -2.46. The molecule has 1 aromatic rings. The number of benzene rings is 1. The summed E-state index contributed by atoms with van der Waals surface area (Å²) in [7, 11) is -3.94. The van der Waals surface area contributed by atoms with Crippen LogP contribution in [0.25, 0.3) is 0 Å². The summed E-state index contributed by atoms with van der Waals surface area (Å²) in [6.45, 7) is 3.98. The molecule has 0 spiro atoms. The molecule has 1 fully saturated rings. The molecule has 202 valence electrons. The number of hydrogen-bond donors (Lipinski definition) is 2. The van der Waals surface area contributed by atoms with Gasteiger partial charge in [-0.2, -0.15) is 8.42 Å². The highest BCUT2D eigenvalue weighted by Gasteiger charge is 2.40. The number of aliphatic hydroxyl groups is 1. The molecule has 1 unspecified atom stereocenters. The van der Waals surface area contributed by atoms with E-state index in [9.17, 15) is 27.9 Å². The summed E-state index contributed by atoms with van der Waals surface area (Å²) in [4.78, 5) is 36.4. The highest BCUT2D eigenvalue weighted by molar-refractivity contribution is 7.86. The third-order valence-corrected chi connectivity index (χ3v) is 7.28. The van der Waals surface area contributed by atoms with Gasteiger partial charge in [0.05, 0.1) is 17.9 Å². The number of ether oxygens (including phenoxy) is 2. The Hall–Kier alpha value is -2.50. The molecule has 10 nitrogen and oxygen atoms in total. The fourth-order valence-corrected chi connectivity index (χ4v) is 4.86. The molecule has 11 heteroatoms. The van der Waals surface area contributed by atoms with Crippen LogP contribution in [0, 0.1) is 11.3 Å². The van der Waals surface area contributed by atoms with Crippen molar-refractivity contribution in [1.29, 1.82) is 0 Å². The zero-order chi connectivity index (χ0) is 26.8. The summed E-state index contributed by atoms with van der Waals surface area (Å²) in [6, 6.07) is 8.33.